The molecule has 3 aromatic carbocycles. The maximum Gasteiger partial charge on any atom is 0.339 e. The number of amides is 2. The van der Waals surface area contributed by atoms with Crippen LogP contribution in [0, 0.1) is 6.92 Å². The van der Waals surface area contributed by atoms with E-state index in [2.05, 4.69) is 10.9 Å². The normalized spacial score (nSPS) is 11.0. The van der Waals surface area contributed by atoms with E-state index in [0.29, 0.717) is 17.1 Å². The molecule has 3 rings (SSSR count). The van der Waals surface area contributed by atoms with Crippen molar-refractivity contribution in [3.8, 4) is 23.0 Å². The molecule has 0 atom stereocenters. The Kier molecular flexibility index (Phi) is 9.11. The minimum Gasteiger partial charge on any atom is -0.493 e. The number of nitrogens with one attached hydrogen (secondary N) is 2. The van der Waals surface area contributed by atoms with Gasteiger partial charge in [0.1, 0.15) is 4.90 Å². The number of carbonyl (C=O) groups excluding carboxylic acids is 2. The summed E-state index contributed by atoms with van der Waals surface area (Å²) in [4.78, 5) is 24.0. The zero-order valence-corrected chi connectivity index (χ0v) is 21.2. The number of methoxy groups -OCH3 is 2. The Morgan fingerprint density at radius 3 is 2.19 bits per heavy atom. The van der Waals surface area contributed by atoms with Crippen molar-refractivity contribution in [3.63, 3.8) is 0 Å². The highest BCUT2D eigenvalue weighted by atomic mass is 32.2. The average molecular weight is 527 g/mol. The number of hydrazine groups is 1. The first-order valence-corrected chi connectivity index (χ1v) is 12.3. The molecule has 0 aromatic heterocycles. The van der Waals surface area contributed by atoms with Crippen LogP contribution in [0.2, 0.25) is 0 Å². The van der Waals surface area contributed by atoms with Crippen LogP contribution in [0.5, 0.6) is 23.0 Å². The number of rotatable bonds is 10. The third kappa shape index (κ3) is 7.74. The molecule has 0 aliphatic heterocycles. The largest absolute Gasteiger partial charge is 0.493 e. The van der Waals surface area contributed by atoms with E-state index in [1.54, 1.807) is 42.5 Å². The first-order valence-electron chi connectivity index (χ1n) is 10.9. The number of ether oxygens (including phenoxy) is 3. The van der Waals surface area contributed by atoms with Gasteiger partial charge in [0.25, 0.3) is 11.8 Å². The van der Waals surface area contributed by atoms with Crippen LogP contribution in [0.4, 0.5) is 0 Å². The lowest BCUT2D eigenvalue weighted by Crippen LogP contribution is -2.43. The zero-order valence-electron chi connectivity index (χ0n) is 20.4. The first-order chi connectivity index (χ1) is 17.7. The molecular weight excluding hydrogens is 500 g/mol. The molecule has 0 aliphatic carbocycles. The second-order valence-electron chi connectivity index (χ2n) is 7.57. The predicted molar refractivity (Wildman–Crippen MR) is 136 cm³/mol. The quantitative estimate of drug-likeness (QED) is 0.234. The summed E-state index contributed by atoms with van der Waals surface area (Å²) in [6.45, 7) is 1.51. The van der Waals surface area contributed by atoms with Crippen molar-refractivity contribution in [2.45, 2.75) is 11.8 Å². The molecule has 37 heavy (non-hydrogen) atoms. The molecule has 0 unspecified atom stereocenters. The third-order valence-corrected chi connectivity index (χ3v) is 6.13. The summed E-state index contributed by atoms with van der Waals surface area (Å²) >= 11 is 0. The molecule has 194 valence electrons. The summed E-state index contributed by atoms with van der Waals surface area (Å²) in [5.74, 6) is -0.175. The molecule has 0 bridgehead atoms. The number of carbonyl (C=O) groups is 2. The molecule has 0 fully saturated rings. The van der Waals surface area contributed by atoms with Crippen LogP contribution in [-0.2, 0) is 19.7 Å². The van der Waals surface area contributed by atoms with Crippen molar-refractivity contribution in [2.75, 3.05) is 20.8 Å². The molecule has 2 N–H and O–H groups in total. The Morgan fingerprint density at radius 1 is 0.838 bits per heavy atom. The van der Waals surface area contributed by atoms with Gasteiger partial charge in [-0.05, 0) is 55.0 Å². The maximum atomic E-state index is 12.6. The molecular formula is C26H26N2O8S. The van der Waals surface area contributed by atoms with E-state index < -0.39 is 21.9 Å². The molecule has 11 heteroatoms. The van der Waals surface area contributed by atoms with E-state index in [1.165, 1.54) is 50.6 Å². The maximum absolute atomic E-state index is 12.6. The second kappa shape index (κ2) is 12.5. The number of aryl methyl sites for hydroxylation is 1. The molecule has 0 spiro atoms. The van der Waals surface area contributed by atoms with Crippen molar-refractivity contribution in [1.82, 2.24) is 10.9 Å². The Hall–Kier alpha value is -4.51. The standard InChI is InChI=1S/C26H26N2O8S/c1-18-8-12-20(13-9-18)37(31,32)36-23-14-10-19(16-24(23)34-3)11-15-25(29)27-28-26(30)17-35-22-7-5-4-6-21(22)33-2/h4-16H,17H2,1-3H3,(H,27,29)(H,28,30). The molecule has 0 saturated heterocycles. The van der Waals surface area contributed by atoms with Crippen LogP contribution in [0.1, 0.15) is 11.1 Å². The van der Waals surface area contributed by atoms with Crippen molar-refractivity contribution in [1.29, 1.82) is 0 Å². The Balaban J connectivity index is 1.55. The van der Waals surface area contributed by atoms with Gasteiger partial charge < -0.3 is 18.4 Å². The topological polar surface area (TPSA) is 129 Å². The highest BCUT2D eigenvalue weighted by Crippen LogP contribution is 2.31. The molecule has 10 nitrogen and oxygen atoms in total. The zero-order chi connectivity index (χ0) is 26.8. The molecule has 0 radical (unpaired) electrons. The van der Waals surface area contributed by atoms with E-state index in [9.17, 15) is 18.0 Å². The molecule has 0 heterocycles. The van der Waals surface area contributed by atoms with Gasteiger partial charge >= 0.3 is 10.1 Å². The van der Waals surface area contributed by atoms with Crippen molar-refractivity contribution in [2.24, 2.45) is 0 Å². The van der Waals surface area contributed by atoms with E-state index >= 15 is 0 Å². The van der Waals surface area contributed by atoms with Crippen molar-refractivity contribution in [3.05, 3.63) is 83.9 Å². The fourth-order valence-electron chi connectivity index (χ4n) is 2.99. The van der Waals surface area contributed by atoms with Gasteiger partial charge in [-0.25, -0.2) is 0 Å². The molecule has 0 aliphatic rings. The molecule has 3 aromatic rings. The Morgan fingerprint density at radius 2 is 1.51 bits per heavy atom. The number of para-hydroxylation sites is 2. The van der Waals surface area contributed by atoms with Gasteiger partial charge in [0.05, 0.1) is 14.2 Å². The summed E-state index contributed by atoms with van der Waals surface area (Å²) in [7, 11) is -1.21. The van der Waals surface area contributed by atoms with Gasteiger partial charge in [-0.3, -0.25) is 20.4 Å². The fourth-order valence-corrected chi connectivity index (χ4v) is 3.93. The highest BCUT2D eigenvalue weighted by Gasteiger charge is 2.19. The van der Waals surface area contributed by atoms with Crippen LogP contribution in [0.25, 0.3) is 6.08 Å². The first kappa shape index (κ1) is 27.1. The molecule has 0 saturated carbocycles. The second-order valence-corrected chi connectivity index (χ2v) is 9.12. The van der Waals surface area contributed by atoms with Gasteiger partial charge in [0.2, 0.25) is 0 Å². The van der Waals surface area contributed by atoms with Gasteiger partial charge in [-0.1, -0.05) is 35.9 Å². The summed E-state index contributed by atoms with van der Waals surface area (Å²) in [5.41, 5.74) is 5.91. The lowest BCUT2D eigenvalue weighted by molar-refractivity contribution is -0.128. The lowest BCUT2D eigenvalue weighted by Gasteiger charge is -2.11. The smallest absolute Gasteiger partial charge is 0.339 e. The lowest BCUT2D eigenvalue weighted by atomic mass is 10.2. The predicted octanol–water partition coefficient (Wildman–Crippen LogP) is 3.02. The van der Waals surface area contributed by atoms with Crippen LogP contribution in [-0.4, -0.2) is 41.1 Å². The number of benzene rings is 3. The Bertz CT molecular complexity index is 1390. The third-order valence-electron chi connectivity index (χ3n) is 4.88. The highest BCUT2D eigenvalue weighted by molar-refractivity contribution is 7.87. The van der Waals surface area contributed by atoms with Gasteiger partial charge in [-0.2, -0.15) is 8.42 Å². The van der Waals surface area contributed by atoms with E-state index in [1.807, 2.05) is 6.92 Å². The minimum atomic E-state index is -4.06. The van der Waals surface area contributed by atoms with Gasteiger partial charge in [0.15, 0.2) is 29.6 Å². The minimum absolute atomic E-state index is 0.00742. The summed E-state index contributed by atoms with van der Waals surface area (Å²) < 4.78 is 46.2. The van der Waals surface area contributed by atoms with Crippen LogP contribution < -0.4 is 29.2 Å². The van der Waals surface area contributed by atoms with E-state index in [4.69, 9.17) is 18.4 Å². The Labute approximate surface area is 214 Å². The fraction of sp³-hybridized carbons (Fsp3) is 0.154. The van der Waals surface area contributed by atoms with Crippen molar-refractivity contribution < 1.29 is 36.4 Å². The van der Waals surface area contributed by atoms with Gasteiger partial charge in [0, 0.05) is 6.08 Å². The number of hydrogen-bond acceptors (Lipinski definition) is 8. The van der Waals surface area contributed by atoms with Crippen LogP contribution in [0.3, 0.4) is 0 Å². The number of hydrogen-bond donors (Lipinski definition) is 2. The summed E-state index contributed by atoms with van der Waals surface area (Å²) in [5, 5.41) is 0. The summed E-state index contributed by atoms with van der Waals surface area (Å²) in [6.07, 6.45) is 2.63. The van der Waals surface area contributed by atoms with Crippen molar-refractivity contribution >= 4 is 28.0 Å². The van der Waals surface area contributed by atoms with E-state index in [0.717, 1.165) is 5.56 Å². The SMILES string of the molecule is COc1ccccc1OCC(=O)NNC(=O)C=Cc1ccc(OS(=O)(=O)c2ccc(C)cc2)c(OC)c1. The van der Waals surface area contributed by atoms with Gasteiger partial charge in [-0.15, -0.1) is 0 Å². The monoisotopic (exact) mass is 526 g/mol. The van der Waals surface area contributed by atoms with Crippen LogP contribution >= 0.6 is 0 Å². The van der Waals surface area contributed by atoms with Crippen LogP contribution in [0.15, 0.2) is 77.7 Å². The van der Waals surface area contributed by atoms with E-state index in [-0.39, 0.29) is 23.0 Å². The molecule has 2 amide bonds. The summed E-state index contributed by atoms with van der Waals surface area (Å²) in [6, 6.07) is 17.6. The average Bonchev–Trinajstić information content (AvgIpc) is 2.90.